The molecule has 0 unspecified atom stereocenters. The first-order valence-corrected chi connectivity index (χ1v) is 8.93. The van der Waals surface area contributed by atoms with E-state index in [1.807, 2.05) is 12.1 Å². The first kappa shape index (κ1) is 14.3. The molecule has 24 heavy (non-hydrogen) atoms. The van der Waals surface area contributed by atoms with Gasteiger partial charge in [-0.15, -0.1) is 0 Å². The molecule has 2 N–H and O–H groups in total. The zero-order chi connectivity index (χ0) is 16.5. The SMILES string of the molecule is O=C(O)c1c[nH]c2ccc(C34CC5CC(CC(C5)C3)C4)cc2c1=O. The molecular formula is C20H21NO3. The number of rotatable bonds is 2. The van der Waals surface area contributed by atoms with E-state index >= 15 is 0 Å². The first-order valence-electron chi connectivity index (χ1n) is 8.93. The van der Waals surface area contributed by atoms with Gasteiger partial charge in [0.2, 0.25) is 5.43 Å². The molecule has 124 valence electrons. The van der Waals surface area contributed by atoms with Crippen molar-refractivity contribution >= 4 is 16.9 Å². The highest BCUT2D eigenvalue weighted by atomic mass is 16.4. The first-order chi connectivity index (χ1) is 11.5. The average molecular weight is 323 g/mol. The number of aromatic nitrogens is 1. The maximum Gasteiger partial charge on any atom is 0.341 e. The van der Waals surface area contributed by atoms with E-state index in [4.69, 9.17) is 0 Å². The van der Waals surface area contributed by atoms with Crippen LogP contribution in [0.3, 0.4) is 0 Å². The molecule has 4 bridgehead atoms. The van der Waals surface area contributed by atoms with Crippen molar-refractivity contribution in [3.63, 3.8) is 0 Å². The monoisotopic (exact) mass is 323 g/mol. The molecule has 0 spiro atoms. The molecule has 6 rings (SSSR count). The largest absolute Gasteiger partial charge is 0.477 e. The number of pyridine rings is 1. The Bertz CT molecular complexity index is 875. The summed E-state index contributed by atoms with van der Waals surface area (Å²) in [6.45, 7) is 0. The van der Waals surface area contributed by atoms with Gasteiger partial charge in [0.05, 0.1) is 0 Å². The third-order valence-electron chi connectivity index (χ3n) is 6.76. The molecule has 0 atom stereocenters. The van der Waals surface area contributed by atoms with Crippen LogP contribution >= 0.6 is 0 Å². The van der Waals surface area contributed by atoms with Crippen LogP contribution in [0.5, 0.6) is 0 Å². The lowest BCUT2D eigenvalue weighted by Gasteiger charge is -2.57. The van der Waals surface area contributed by atoms with Crippen LogP contribution in [-0.2, 0) is 5.41 Å². The molecule has 0 amide bonds. The number of nitrogens with one attached hydrogen (secondary N) is 1. The van der Waals surface area contributed by atoms with Crippen molar-refractivity contribution in [2.75, 3.05) is 0 Å². The highest BCUT2D eigenvalue weighted by Crippen LogP contribution is 2.60. The van der Waals surface area contributed by atoms with Crippen LogP contribution in [0.4, 0.5) is 0 Å². The highest BCUT2D eigenvalue weighted by molar-refractivity contribution is 5.92. The van der Waals surface area contributed by atoms with E-state index in [9.17, 15) is 14.7 Å². The number of fused-ring (bicyclic) bond motifs is 1. The topological polar surface area (TPSA) is 70.2 Å². The van der Waals surface area contributed by atoms with Gasteiger partial charge in [-0.2, -0.15) is 0 Å². The van der Waals surface area contributed by atoms with Gasteiger partial charge in [-0.05, 0) is 79.4 Å². The fourth-order valence-corrected chi connectivity index (χ4v) is 6.17. The van der Waals surface area contributed by atoms with Crippen molar-refractivity contribution < 1.29 is 9.90 Å². The Morgan fingerprint density at radius 1 is 1.08 bits per heavy atom. The summed E-state index contributed by atoms with van der Waals surface area (Å²) in [5, 5.41) is 9.72. The summed E-state index contributed by atoms with van der Waals surface area (Å²) >= 11 is 0. The molecule has 4 nitrogen and oxygen atoms in total. The van der Waals surface area contributed by atoms with Gasteiger partial charge in [-0.1, -0.05) is 6.07 Å². The van der Waals surface area contributed by atoms with Crippen LogP contribution < -0.4 is 5.43 Å². The number of benzene rings is 1. The number of carboxylic acids is 1. The van der Waals surface area contributed by atoms with Crippen molar-refractivity contribution in [1.82, 2.24) is 4.98 Å². The fourth-order valence-electron chi connectivity index (χ4n) is 6.17. The number of H-pyrrole nitrogens is 1. The lowest BCUT2D eigenvalue weighted by molar-refractivity contribution is -0.00513. The van der Waals surface area contributed by atoms with Gasteiger partial charge >= 0.3 is 5.97 Å². The number of hydrogen-bond acceptors (Lipinski definition) is 2. The summed E-state index contributed by atoms with van der Waals surface area (Å²) < 4.78 is 0. The number of aromatic carboxylic acids is 1. The molecule has 4 heteroatoms. The third-order valence-corrected chi connectivity index (χ3v) is 6.76. The third kappa shape index (κ3) is 1.92. The Hall–Kier alpha value is -2.10. The fraction of sp³-hybridized carbons (Fsp3) is 0.500. The van der Waals surface area contributed by atoms with Crippen molar-refractivity contribution in [2.45, 2.75) is 43.9 Å². The van der Waals surface area contributed by atoms with Crippen molar-refractivity contribution in [3.8, 4) is 0 Å². The van der Waals surface area contributed by atoms with Gasteiger partial charge in [0, 0.05) is 17.1 Å². The van der Waals surface area contributed by atoms with Crippen LogP contribution in [0.1, 0.15) is 54.4 Å². The molecule has 1 aromatic heterocycles. The predicted octanol–water partition coefficient (Wildman–Crippen LogP) is 3.69. The van der Waals surface area contributed by atoms with Crippen molar-refractivity contribution in [1.29, 1.82) is 0 Å². The van der Waals surface area contributed by atoms with E-state index in [2.05, 4.69) is 11.1 Å². The van der Waals surface area contributed by atoms with E-state index in [1.165, 1.54) is 50.3 Å². The molecule has 2 aromatic rings. The standard InChI is InChI=1S/C20H21NO3/c22-18-15-6-14(1-2-17(15)21-10-16(18)19(23)24)20-7-11-3-12(8-20)5-13(4-11)9-20/h1-2,6,10-13H,3-5,7-9H2,(H,21,22)(H,23,24). The Morgan fingerprint density at radius 3 is 2.29 bits per heavy atom. The van der Waals surface area contributed by atoms with Crippen molar-refractivity contribution in [2.24, 2.45) is 17.8 Å². The van der Waals surface area contributed by atoms with Crippen LogP contribution in [0.25, 0.3) is 10.9 Å². The minimum absolute atomic E-state index is 0.176. The summed E-state index contributed by atoms with van der Waals surface area (Å²) in [6.07, 6.45) is 9.17. The molecule has 4 fully saturated rings. The molecule has 0 aliphatic heterocycles. The van der Waals surface area contributed by atoms with Gasteiger partial charge < -0.3 is 10.1 Å². The minimum Gasteiger partial charge on any atom is -0.477 e. The zero-order valence-corrected chi connectivity index (χ0v) is 13.5. The number of carboxylic acid groups (broad SMARTS) is 1. The summed E-state index contributed by atoms with van der Waals surface area (Å²) in [5.41, 5.74) is 1.64. The minimum atomic E-state index is -1.17. The van der Waals surface area contributed by atoms with E-state index < -0.39 is 5.97 Å². The predicted molar refractivity (Wildman–Crippen MR) is 91.4 cm³/mol. The second kappa shape index (κ2) is 4.71. The zero-order valence-electron chi connectivity index (χ0n) is 13.5. The average Bonchev–Trinajstić information content (AvgIpc) is 2.53. The molecule has 0 saturated heterocycles. The molecule has 4 aliphatic carbocycles. The van der Waals surface area contributed by atoms with Crippen LogP contribution in [-0.4, -0.2) is 16.1 Å². The quantitative estimate of drug-likeness (QED) is 0.885. The lowest BCUT2D eigenvalue weighted by atomic mass is 9.48. The van der Waals surface area contributed by atoms with Gasteiger partial charge in [0.25, 0.3) is 0 Å². The molecular weight excluding hydrogens is 302 g/mol. The summed E-state index contributed by atoms with van der Waals surface area (Å²) in [4.78, 5) is 26.8. The van der Waals surface area contributed by atoms with Gasteiger partial charge in [0.1, 0.15) is 5.56 Å². The summed E-state index contributed by atoms with van der Waals surface area (Å²) in [7, 11) is 0. The maximum absolute atomic E-state index is 12.5. The van der Waals surface area contributed by atoms with E-state index in [1.54, 1.807) is 0 Å². The normalized spacial score (nSPS) is 33.9. The van der Waals surface area contributed by atoms with E-state index in [-0.39, 0.29) is 16.4 Å². The van der Waals surface area contributed by atoms with Gasteiger partial charge in [-0.3, -0.25) is 4.79 Å². The molecule has 0 radical (unpaired) electrons. The van der Waals surface area contributed by atoms with E-state index in [0.717, 1.165) is 23.3 Å². The second-order valence-corrected chi connectivity index (χ2v) is 8.29. The van der Waals surface area contributed by atoms with Crippen LogP contribution in [0.15, 0.2) is 29.2 Å². The Balaban J connectivity index is 1.66. The highest BCUT2D eigenvalue weighted by Gasteiger charge is 2.51. The molecule has 1 aromatic carbocycles. The molecule has 4 aliphatic rings. The van der Waals surface area contributed by atoms with Crippen LogP contribution in [0.2, 0.25) is 0 Å². The lowest BCUT2D eigenvalue weighted by Crippen LogP contribution is -2.48. The smallest absolute Gasteiger partial charge is 0.341 e. The van der Waals surface area contributed by atoms with E-state index in [0.29, 0.717) is 5.39 Å². The second-order valence-electron chi connectivity index (χ2n) is 8.29. The number of aromatic amines is 1. The maximum atomic E-state index is 12.5. The molecule has 4 saturated carbocycles. The Morgan fingerprint density at radius 2 is 1.71 bits per heavy atom. The van der Waals surface area contributed by atoms with Gasteiger partial charge in [-0.25, -0.2) is 4.79 Å². The van der Waals surface area contributed by atoms with Gasteiger partial charge in [0.15, 0.2) is 0 Å². The van der Waals surface area contributed by atoms with Crippen LogP contribution in [0, 0.1) is 17.8 Å². The number of hydrogen-bond donors (Lipinski definition) is 2. The Labute approximate surface area is 139 Å². The summed E-state index contributed by atoms with van der Waals surface area (Å²) in [6, 6.07) is 6.09. The molecule has 1 heterocycles. The summed E-state index contributed by atoms with van der Waals surface area (Å²) in [5.74, 6) is 1.36. The number of carbonyl (C=O) groups is 1. The Kier molecular flexibility index (Phi) is 2.80. The van der Waals surface area contributed by atoms with Crippen molar-refractivity contribution in [3.05, 3.63) is 45.7 Å².